The quantitative estimate of drug-likeness (QED) is 0.863. The zero-order valence-electron chi connectivity index (χ0n) is 13.8. The molecule has 1 unspecified atom stereocenters. The standard InChI is InChI=1S/C19H17FN2O2S/c1-11-17(12(2)23)18(22-19(24)21-11)13-3-7-15(8-4-13)25-16-9-5-14(20)6-10-16/h3-10,18H,1-2H3,(H2,21,22,24). The van der Waals surface area contributed by atoms with E-state index in [-0.39, 0.29) is 17.6 Å². The zero-order valence-corrected chi connectivity index (χ0v) is 14.6. The Bertz CT molecular complexity index is 845. The molecular weight excluding hydrogens is 339 g/mol. The summed E-state index contributed by atoms with van der Waals surface area (Å²) in [6.45, 7) is 3.21. The molecule has 1 aliphatic rings. The van der Waals surface area contributed by atoms with Gasteiger partial charge in [0.05, 0.1) is 6.04 Å². The molecule has 128 valence electrons. The first-order valence-electron chi connectivity index (χ1n) is 7.76. The number of urea groups is 1. The van der Waals surface area contributed by atoms with Gasteiger partial charge in [0.25, 0.3) is 0 Å². The highest BCUT2D eigenvalue weighted by atomic mass is 32.2. The van der Waals surface area contributed by atoms with Crippen LogP contribution in [0.15, 0.2) is 69.6 Å². The van der Waals surface area contributed by atoms with Crippen molar-refractivity contribution in [3.63, 3.8) is 0 Å². The van der Waals surface area contributed by atoms with Crippen molar-refractivity contribution in [1.82, 2.24) is 10.6 Å². The fourth-order valence-corrected chi connectivity index (χ4v) is 3.59. The molecule has 25 heavy (non-hydrogen) atoms. The maximum atomic E-state index is 13.0. The highest BCUT2D eigenvalue weighted by molar-refractivity contribution is 7.99. The molecule has 3 rings (SSSR count). The average molecular weight is 356 g/mol. The number of carbonyl (C=O) groups excluding carboxylic acids is 2. The number of carbonyl (C=O) groups is 2. The monoisotopic (exact) mass is 356 g/mol. The Balaban J connectivity index is 1.83. The lowest BCUT2D eigenvalue weighted by Crippen LogP contribution is -2.44. The Kier molecular flexibility index (Phi) is 4.90. The molecule has 1 atom stereocenters. The SMILES string of the molecule is CC(=O)C1=C(C)NC(=O)NC1c1ccc(Sc2ccc(F)cc2)cc1. The maximum absolute atomic E-state index is 13.0. The Morgan fingerprint density at radius 2 is 1.60 bits per heavy atom. The van der Waals surface area contributed by atoms with Crippen LogP contribution >= 0.6 is 11.8 Å². The van der Waals surface area contributed by atoms with Crippen LogP contribution in [0, 0.1) is 5.82 Å². The Labute approximate surface area is 149 Å². The molecule has 2 amide bonds. The second-order valence-electron chi connectivity index (χ2n) is 5.75. The minimum atomic E-state index is -0.462. The van der Waals surface area contributed by atoms with Crippen LogP contribution in [0.3, 0.4) is 0 Å². The summed E-state index contributed by atoms with van der Waals surface area (Å²) in [5.74, 6) is -0.347. The smallest absolute Gasteiger partial charge is 0.319 e. The van der Waals surface area contributed by atoms with Crippen LogP contribution < -0.4 is 10.6 Å². The number of hydrogen-bond donors (Lipinski definition) is 2. The molecule has 0 fully saturated rings. The largest absolute Gasteiger partial charge is 0.327 e. The number of allylic oxidation sites excluding steroid dienone is 1. The molecule has 1 heterocycles. The van der Waals surface area contributed by atoms with E-state index in [0.717, 1.165) is 15.4 Å². The van der Waals surface area contributed by atoms with Crippen LogP contribution in [-0.4, -0.2) is 11.8 Å². The van der Waals surface area contributed by atoms with Gasteiger partial charge in [-0.1, -0.05) is 23.9 Å². The number of amides is 2. The van der Waals surface area contributed by atoms with Crippen molar-refractivity contribution in [3.8, 4) is 0 Å². The Morgan fingerprint density at radius 1 is 1.04 bits per heavy atom. The van der Waals surface area contributed by atoms with Gasteiger partial charge in [-0.3, -0.25) is 4.79 Å². The van der Waals surface area contributed by atoms with E-state index in [2.05, 4.69) is 10.6 Å². The first-order chi connectivity index (χ1) is 11.9. The lowest BCUT2D eigenvalue weighted by Gasteiger charge is -2.28. The van der Waals surface area contributed by atoms with Crippen LogP contribution in [0.5, 0.6) is 0 Å². The fourth-order valence-electron chi connectivity index (χ4n) is 2.78. The van der Waals surface area contributed by atoms with Gasteiger partial charge in [0.2, 0.25) is 0 Å². The van der Waals surface area contributed by atoms with Gasteiger partial charge in [-0.05, 0) is 55.8 Å². The van der Waals surface area contributed by atoms with Gasteiger partial charge in [-0.15, -0.1) is 0 Å². The molecule has 1 aliphatic heterocycles. The van der Waals surface area contributed by atoms with E-state index in [1.165, 1.54) is 30.8 Å². The second-order valence-corrected chi connectivity index (χ2v) is 6.90. The van der Waals surface area contributed by atoms with Crippen LogP contribution in [0.4, 0.5) is 9.18 Å². The second kappa shape index (κ2) is 7.11. The van der Waals surface area contributed by atoms with Crippen molar-refractivity contribution >= 4 is 23.6 Å². The summed E-state index contributed by atoms with van der Waals surface area (Å²) >= 11 is 1.51. The summed E-state index contributed by atoms with van der Waals surface area (Å²) in [5, 5.41) is 5.43. The number of nitrogens with one attached hydrogen (secondary N) is 2. The molecule has 0 radical (unpaired) electrons. The van der Waals surface area contributed by atoms with Crippen molar-refractivity contribution in [2.24, 2.45) is 0 Å². The number of hydrogen-bond acceptors (Lipinski definition) is 3. The summed E-state index contributed by atoms with van der Waals surface area (Å²) in [4.78, 5) is 25.6. The minimum absolute atomic E-state index is 0.0836. The lowest BCUT2D eigenvalue weighted by atomic mass is 9.93. The molecule has 4 nitrogen and oxygen atoms in total. The molecule has 0 aromatic heterocycles. The topological polar surface area (TPSA) is 58.2 Å². The van der Waals surface area contributed by atoms with Crippen LogP contribution in [-0.2, 0) is 4.79 Å². The van der Waals surface area contributed by atoms with Gasteiger partial charge in [0.15, 0.2) is 5.78 Å². The predicted octanol–water partition coefficient (Wildman–Crippen LogP) is 4.19. The molecule has 2 N–H and O–H groups in total. The van der Waals surface area contributed by atoms with Crippen molar-refractivity contribution in [2.45, 2.75) is 29.7 Å². The number of Topliss-reactive ketones (excluding diaryl/α,β-unsaturated/α-hetero) is 1. The number of ketones is 1. The summed E-state index contributed by atoms with van der Waals surface area (Å²) in [7, 11) is 0. The van der Waals surface area contributed by atoms with Gasteiger partial charge >= 0.3 is 6.03 Å². The van der Waals surface area contributed by atoms with E-state index in [4.69, 9.17) is 0 Å². The van der Waals surface area contributed by atoms with E-state index in [1.54, 1.807) is 19.1 Å². The Morgan fingerprint density at radius 3 is 2.16 bits per heavy atom. The van der Waals surface area contributed by atoms with Gasteiger partial charge in [0.1, 0.15) is 5.82 Å². The molecule has 6 heteroatoms. The lowest BCUT2D eigenvalue weighted by molar-refractivity contribution is -0.114. The van der Waals surface area contributed by atoms with Crippen LogP contribution in [0.1, 0.15) is 25.5 Å². The molecule has 0 spiro atoms. The third-order valence-electron chi connectivity index (χ3n) is 3.91. The predicted molar refractivity (Wildman–Crippen MR) is 94.8 cm³/mol. The van der Waals surface area contributed by atoms with Gasteiger partial charge in [-0.2, -0.15) is 0 Å². The molecule has 2 aromatic carbocycles. The van der Waals surface area contributed by atoms with E-state index in [0.29, 0.717) is 11.3 Å². The summed E-state index contributed by atoms with van der Waals surface area (Å²) in [5.41, 5.74) is 1.97. The number of halogens is 1. The van der Waals surface area contributed by atoms with Crippen molar-refractivity contribution in [3.05, 3.63) is 71.2 Å². The molecule has 0 saturated carbocycles. The minimum Gasteiger partial charge on any atom is -0.327 e. The third kappa shape index (κ3) is 3.91. The maximum Gasteiger partial charge on any atom is 0.319 e. The van der Waals surface area contributed by atoms with Gasteiger partial charge < -0.3 is 10.6 Å². The van der Waals surface area contributed by atoms with Crippen molar-refractivity contribution in [2.75, 3.05) is 0 Å². The highest BCUT2D eigenvalue weighted by Crippen LogP contribution is 2.31. The molecular formula is C19H17FN2O2S. The van der Waals surface area contributed by atoms with Gasteiger partial charge in [0, 0.05) is 21.1 Å². The van der Waals surface area contributed by atoms with Crippen molar-refractivity contribution in [1.29, 1.82) is 0 Å². The number of rotatable bonds is 4. The summed E-state index contributed by atoms with van der Waals surface area (Å²) in [6, 6.07) is 13.1. The molecule has 0 saturated heterocycles. The highest BCUT2D eigenvalue weighted by Gasteiger charge is 2.28. The van der Waals surface area contributed by atoms with Crippen LogP contribution in [0.2, 0.25) is 0 Å². The third-order valence-corrected chi connectivity index (χ3v) is 4.93. The Hall–Kier alpha value is -2.60. The first kappa shape index (κ1) is 17.2. The molecule has 2 aromatic rings. The number of benzene rings is 2. The summed E-state index contributed by atoms with van der Waals surface area (Å²) < 4.78 is 13.0. The summed E-state index contributed by atoms with van der Waals surface area (Å²) in [6.07, 6.45) is 0. The average Bonchev–Trinajstić information content (AvgIpc) is 2.56. The molecule has 0 bridgehead atoms. The van der Waals surface area contributed by atoms with E-state index in [1.807, 2.05) is 24.3 Å². The van der Waals surface area contributed by atoms with Gasteiger partial charge in [-0.25, -0.2) is 9.18 Å². The van der Waals surface area contributed by atoms with E-state index >= 15 is 0 Å². The fraction of sp³-hybridized carbons (Fsp3) is 0.158. The molecule has 0 aliphatic carbocycles. The van der Waals surface area contributed by atoms with Crippen LogP contribution in [0.25, 0.3) is 0 Å². The normalized spacial score (nSPS) is 17.1. The van der Waals surface area contributed by atoms with E-state index < -0.39 is 6.04 Å². The zero-order chi connectivity index (χ0) is 18.0. The van der Waals surface area contributed by atoms with E-state index in [9.17, 15) is 14.0 Å². The van der Waals surface area contributed by atoms with Crippen molar-refractivity contribution < 1.29 is 14.0 Å². The first-order valence-corrected chi connectivity index (χ1v) is 8.58.